The minimum Gasteiger partial charge on any atom is -0.383 e. The summed E-state index contributed by atoms with van der Waals surface area (Å²) in [6.45, 7) is 4.09. The van der Waals surface area contributed by atoms with Crippen molar-refractivity contribution >= 4 is 17.6 Å². The molecular weight excluding hydrogens is 411 g/mol. The van der Waals surface area contributed by atoms with Crippen LogP contribution in [-0.4, -0.2) is 60.4 Å². The van der Waals surface area contributed by atoms with Gasteiger partial charge in [0, 0.05) is 31.7 Å². The fraction of sp³-hybridized carbons (Fsp3) is 0.375. The van der Waals surface area contributed by atoms with Gasteiger partial charge in [0.05, 0.1) is 18.4 Å². The summed E-state index contributed by atoms with van der Waals surface area (Å²) in [5, 5.41) is 8.68. The van der Waals surface area contributed by atoms with Gasteiger partial charge in [0.1, 0.15) is 12.4 Å². The summed E-state index contributed by atoms with van der Waals surface area (Å²) in [4.78, 5) is 27.3. The highest BCUT2D eigenvalue weighted by atomic mass is 19.1. The minimum atomic E-state index is -0.384. The van der Waals surface area contributed by atoms with Crippen LogP contribution in [0.5, 0.6) is 0 Å². The molecule has 3 rings (SSSR count). The lowest BCUT2D eigenvalue weighted by atomic mass is 9.98. The maximum Gasteiger partial charge on any atom is 0.318 e. The molecule has 32 heavy (non-hydrogen) atoms. The Morgan fingerprint density at radius 2 is 1.88 bits per heavy atom. The molecule has 0 radical (unpaired) electrons. The first-order valence-corrected chi connectivity index (χ1v) is 10.6. The van der Waals surface area contributed by atoms with Gasteiger partial charge in [-0.25, -0.2) is 14.2 Å². The molecule has 1 heterocycles. The van der Waals surface area contributed by atoms with Crippen LogP contribution < -0.4 is 5.32 Å². The highest BCUT2D eigenvalue weighted by molar-refractivity contribution is 6.03. The van der Waals surface area contributed by atoms with Crippen LogP contribution in [0.3, 0.4) is 0 Å². The van der Waals surface area contributed by atoms with E-state index in [1.807, 2.05) is 44.2 Å². The van der Waals surface area contributed by atoms with Crippen molar-refractivity contribution < 1.29 is 18.7 Å². The third-order valence-corrected chi connectivity index (χ3v) is 5.13. The molecule has 0 saturated heterocycles. The summed E-state index contributed by atoms with van der Waals surface area (Å²) >= 11 is 0. The maximum atomic E-state index is 14.4. The van der Waals surface area contributed by atoms with E-state index in [9.17, 15) is 14.0 Å². The molecule has 2 aromatic carbocycles. The number of hydrogen-bond acceptors (Lipinski definition) is 4. The van der Waals surface area contributed by atoms with Gasteiger partial charge in [0.25, 0.3) is 5.91 Å². The summed E-state index contributed by atoms with van der Waals surface area (Å²) in [6, 6.07) is 15.1. The lowest BCUT2D eigenvalue weighted by molar-refractivity contribution is -0.133. The van der Waals surface area contributed by atoms with Gasteiger partial charge in [-0.2, -0.15) is 5.10 Å². The molecule has 1 aliphatic rings. The van der Waals surface area contributed by atoms with Crippen LogP contribution in [0.15, 0.2) is 59.7 Å². The van der Waals surface area contributed by atoms with Crippen LogP contribution in [-0.2, 0) is 9.53 Å². The number of carbonyl (C=O) groups is 2. The largest absolute Gasteiger partial charge is 0.383 e. The predicted octanol–water partition coefficient (Wildman–Crippen LogP) is 3.57. The number of methoxy groups -OCH3 is 1. The average Bonchev–Trinajstić information content (AvgIpc) is 3.22. The summed E-state index contributed by atoms with van der Waals surface area (Å²) in [6.07, 6.45) is 0.382. The molecule has 2 aromatic rings. The molecule has 7 nitrogen and oxygen atoms in total. The molecule has 0 spiro atoms. The number of ether oxygens (including phenoxy) is 1. The minimum absolute atomic E-state index is 0.0721. The topological polar surface area (TPSA) is 74.2 Å². The number of amides is 3. The molecule has 1 aliphatic heterocycles. The first kappa shape index (κ1) is 23.4. The molecule has 0 fully saturated rings. The van der Waals surface area contributed by atoms with E-state index in [4.69, 9.17) is 4.74 Å². The highest BCUT2D eigenvalue weighted by Gasteiger charge is 2.35. The number of rotatable bonds is 8. The van der Waals surface area contributed by atoms with Gasteiger partial charge in [-0.05, 0) is 25.5 Å². The second-order valence-corrected chi connectivity index (χ2v) is 7.91. The molecule has 0 aliphatic carbocycles. The van der Waals surface area contributed by atoms with Crippen molar-refractivity contribution in [2.75, 3.05) is 26.8 Å². The molecule has 1 N–H and O–H groups in total. The van der Waals surface area contributed by atoms with Crippen molar-refractivity contribution in [1.29, 1.82) is 0 Å². The van der Waals surface area contributed by atoms with Crippen molar-refractivity contribution in [2.24, 2.45) is 5.10 Å². The Kier molecular flexibility index (Phi) is 7.94. The van der Waals surface area contributed by atoms with Crippen LogP contribution in [0.25, 0.3) is 0 Å². The monoisotopic (exact) mass is 440 g/mol. The third kappa shape index (κ3) is 5.70. The zero-order valence-corrected chi connectivity index (χ0v) is 18.6. The Morgan fingerprint density at radius 3 is 2.53 bits per heavy atom. The van der Waals surface area contributed by atoms with E-state index in [1.165, 1.54) is 23.1 Å². The van der Waals surface area contributed by atoms with E-state index in [0.717, 1.165) is 5.56 Å². The molecule has 0 unspecified atom stereocenters. The highest BCUT2D eigenvalue weighted by Crippen LogP contribution is 2.33. The number of hydrazone groups is 1. The molecule has 0 bridgehead atoms. The lowest BCUT2D eigenvalue weighted by Crippen LogP contribution is -2.48. The lowest BCUT2D eigenvalue weighted by Gasteiger charge is -2.27. The molecular formula is C24H29FN4O3. The van der Waals surface area contributed by atoms with Crippen molar-refractivity contribution in [3.8, 4) is 0 Å². The van der Waals surface area contributed by atoms with Gasteiger partial charge in [-0.15, -0.1) is 0 Å². The maximum absolute atomic E-state index is 14.4. The van der Waals surface area contributed by atoms with Crippen LogP contribution in [0.1, 0.15) is 37.4 Å². The number of urea groups is 1. The third-order valence-electron chi connectivity index (χ3n) is 5.13. The fourth-order valence-corrected chi connectivity index (χ4v) is 3.56. The molecule has 3 amide bonds. The summed E-state index contributed by atoms with van der Waals surface area (Å²) < 4.78 is 19.5. The van der Waals surface area contributed by atoms with Gasteiger partial charge in [0.2, 0.25) is 0 Å². The first-order valence-electron chi connectivity index (χ1n) is 10.6. The van der Waals surface area contributed by atoms with E-state index in [1.54, 1.807) is 18.2 Å². The van der Waals surface area contributed by atoms with Gasteiger partial charge in [-0.1, -0.05) is 48.5 Å². The number of carbonyl (C=O) groups excluding carboxylic acids is 2. The van der Waals surface area contributed by atoms with Crippen LogP contribution >= 0.6 is 0 Å². The van der Waals surface area contributed by atoms with Crippen LogP contribution in [0, 0.1) is 5.82 Å². The molecule has 8 heteroatoms. The summed E-state index contributed by atoms with van der Waals surface area (Å²) in [7, 11) is 1.54. The number of halogens is 1. The van der Waals surface area contributed by atoms with E-state index >= 15 is 0 Å². The second kappa shape index (κ2) is 10.9. The normalized spacial score (nSPS) is 15.6. The van der Waals surface area contributed by atoms with Crippen molar-refractivity contribution in [1.82, 2.24) is 15.2 Å². The predicted molar refractivity (Wildman–Crippen MR) is 121 cm³/mol. The first-order chi connectivity index (χ1) is 15.4. The molecule has 0 saturated carbocycles. The Balaban J connectivity index is 1.88. The Bertz CT molecular complexity index is 965. The van der Waals surface area contributed by atoms with Gasteiger partial charge < -0.3 is 15.0 Å². The van der Waals surface area contributed by atoms with Crippen LogP contribution in [0.4, 0.5) is 9.18 Å². The molecule has 1 atom stereocenters. The van der Waals surface area contributed by atoms with Crippen molar-refractivity contribution in [2.45, 2.75) is 32.4 Å². The van der Waals surface area contributed by atoms with E-state index < -0.39 is 0 Å². The SMILES string of the molecule is COCCN(CC(=O)N1N=C(c2ccccc2F)C[C@H]1c1ccccc1)C(=O)NC(C)C. The second-order valence-electron chi connectivity index (χ2n) is 7.91. The van der Waals surface area contributed by atoms with Crippen molar-refractivity contribution in [3.05, 3.63) is 71.5 Å². The quantitative estimate of drug-likeness (QED) is 0.682. The Hall–Kier alpha value is -3.26. The number of benzene rings is 2. The standard InChI is InChI=1S/C24H29FN4O3/c1-17(2)26-24(31)28(13-14-32-3)16-23(30)29-22(18-9-5-4-6-10-18)15-21(27-29)19-11-7-8-12-20(19)25/h4-12,17,22H,13-16H2,1-3H3,(H,26,31)/t22-/m0/s1. The number of nitrogens with zero attached hydrogens (tertiary/aromatic N) is 3. The van der Waals surface area contributed by atoms with Gasteiger partial charge in [0.15, 0.2) is 0 Å². The van der Waals surface area contributed by atoms with E-state index in [-0.39, 0.29) is 42.9 Å². The summed E-state index contributed by atoms with van der Waals surface area (Å²) in [5.74, 6) is -0.731. The zero-order chi connectivity index (χ0) is 23.1. The van der Waals surface area contributed by atoms with Crippen molar-refractivity contribution in [3.63, 3.8) is 0 Å². The molecule has 170 valence electrons. The van der Waals surface area contributed by atoms with Crippen LogP contribution in [0.2, 0.25) is 0 Å². The fourth-order valence-electron chi connectivity index (χ4n) is 3.56. The van der Waals surface area contributed by atoms with Gasteiger partial charge in [-0.3, -0.25) is 4.79 Å². The number of nitrogens with one attached hydrogen (secondary N) is 1. The number of hydrogen-bond donors (Lipinski definition) is 1. The zero-order valence-electron chi connectivity index (χ0n) is 18.6. The Labute approximate surface area is 187 Å². The van der Waals surface area contributed by atoms with E-state index in [0.29, 0.717) is 24.3 Å². The average molecular weight is 441 g/mol. The smallest absolute Gasteiger partial charge is 0.318 e. The Morgan fingerprint density at radius 1 is 1.19 bits per heavy atom. The summed E-state index contributed by atoms with van der Waals surface area (Å²) in [5.41, 5.74) is 1.77. The van der Waals surface area contributed by atoms with E-state index in [2.05, 4.69) is 10.4 Å². The molecule has 0 aromatic heterocycles. The van der Waals surface area contributed by atoms with Gasteiger partial charge >= 0.3 is 6.03 Å².